The van der Waals surface area contributed by atoms with Crippen molar-refractivity contribution >= 4 is 0 Å². The average molecular weight is 222 g/mol. The van der Waals surface area contributed by atoms with Crippen LogP contribution in [0.4, 0.5) is 4.39 Å². The maximum Gasteiger partial charge on any atom is 0.164 e. The Balaban J connectivity index is 2.47. The predicted molar refractivity (Wildman–Crippen MR) is 59.2 cm³/mol. The lowest BCUT2D eigenvalue weighted by molar-refractivity contribution is 0.529. The van der Waals surface area contributed by atoms with Crippen molar-refractivity contribution in [1.29, 1.82) is 0 Å². The minimum Gasteiger partial charge on any atom is -0.268 e. The molecular formula is C11H15FN4. The summed E-state index contributed by atoms with van der Waals surface area (Å²) >= 11 is 0. The molecule has 0 aliphatic rings. The second-order valence-corrected chi connectivity index (χ2v) is 4.18. The molecule has 2 rings (SSSR count). The number of aryl methyl sites for hydroxylation is 2. The van der Waals surface area contributed by atoms with Crippen LogP contribution in [0.2, 0.25) is 0 Å². The molecule has 0 spiro atoms. The van der Waals surface area contributed by atoms with Gasteiger partial charge in [0, 0.05) is 6.04 Å². The quantitative estimate of drug-likeness (QED) is 0.782. The van der Waals surface area contributed by atoms with E-state index in [-0.39, 0.29) is 11.9 Å². The van der Waals surface area contributed by atoms with Crippen LogP contribution in [0.15, 0.2) is 12.4 Å². The highest BCUT2D eigenvalue weighted by molar-refractivity contribution is 5.33. The smallest absolute Gasteiger partial charge is 0.164 e. The molecule has 86 valence electrons. The van der Waals surface area contributed by atoms with Gasteiger partial charge in [-0.05, 0) is 27.7 Å². The second kappa shape index (κ2) is 3.73. The minimum atomic E-state index is -0.295. The van der Waals surface area contributed by atoms with E-state index in [1.54, 1.807) is 6.92 Å². The van der Waals surface area contributed by atoms with Gasteiger partial charge in [0.05, 0.1) is 23.8 Å². The van der Waals surface area contributed by atoms with Gasteiger partial charge >= 0.3 is 0 Å². The largest absolute Gasteiger partial charge is 0.268 e. The maximum atomic E-state index is 13.2. The van der Waals surface area contributed by atoms with Gasteiger partial charge in [-0.3, -0.25) is 4.68 Å². The molecule has 0 aromatic carbocycles. The van der Waals surface area contributed by atoms with Gasteiger partial charge in [0.1, 0.15) is 5.69 Å². The van der Waals surface area contributed by atoms with E-state index in [0.29, 0.717) is 5.69 Å². The van der Waals surface area contributed by atoms with E-state index < -0.39 is 0 Å². The highest BCUT2D eigenvalue weighted by atomic mass is 19.1. The molecule has 0 amide bonds. The highest BCUT2D eigenvalue weighted by Crippen LogP contribution is 2.16. The van der Waals surface area contributed by atoms with Crippen molar-refractivity contribution in [2.45, 2.75) is 33.7 Å². The van der Waals surface area contributed by atoms with Gasteiger partial charge in [0.2, 0.25) is 0 Å². The lowest BCUT2D eigenvalue weighted by atomic mass is 10.4. The summed E-state index contributed by atoms with van der Waals surface area (Å²) in [7, 11) is 0. The SMILES string of the molecule is Cc1nn(-c2cn(C(C)C)nc2C)cc1F. The van der Waals surface area contributed by atoms with Crippen molar-refractivity contribution in [2.24, 2.45) is 0 Å². The van der Waals surface area contributed by atoms with E-state index in [1.807, 2.05) is 31.6 Å². The summed E-state index contributed by atoms with van der Waals surface area (Å²) in [4.78, 5) is 0. The Labute approximate surface area is 93.7 Å². The zero-order valence-corrected chi connectivity index (χ0v) is 9.90. The minimum absolute atomic E-state index is 0.286. The van der Waals surface area contributed by atoms with Gasteiger partial charge in [-0.2, -0.15) is 10.2 Å². The topological polar surface area (TPSA) is 35.6 Å². The summed E-state index contributed by atoms with van der Waals surface area (Å²) in [6.45, 7) is 7.63. The average Bonchev–Trinajstić information content (AvgIpc) is 2.72. The summed E-state index contributed by atoms with van der Waals surface area (Å²) in [6.07, 6.45) is 3.26. The van der Waals surface area contributed by atoms with E-state index in [2.05, 4.69) is 10.2 Å². The fourth-order valence-electron chi connectivity index (χ4n) is 1.52. The molecule has 0 unspecified atom stereocenters. The fourth-order valence-corrected chi connectivity index (χ4v) is 1.52. The number of rotatable bonds is 2. The van der Waals surface area contributed by atoms with Crippen LogP contribution in [0.3, 0.4) is 0 Å². The van der Waals surface area contributed by atoms with Gasteiger partial charge in [0.25, 0.3) is 0 Å². The molecule has 0 saturated heterocycles. The van der Waals surface area contributed by atoms with Crippen LogP contribution in [-0.2, 0) is 0 Å². The van der Waals surface area contributed by atoms with Gasteiger partial charge < -0.3 is 0 Å². The Kier molecular flexibility index (Phi) is 2.53. The molecule has 0 aliphatic carbocycles. The molecule has 0 saturated carbocycles. The molecule has 4 nitrogen and oxygen atoms in total. The molecule has 2 heterocycles. The Morgan fingerprint density at radius 3 is 2.25 bits per heavy atom. The van der Waals surface area contributed by atoms with E-state index in [9.17, 15) is 4.39 Å². The summed E-state index contributed by atoms with van der Waals surface area (Å²) in [5.41, 5.74) is 2.06. The molecule has 2 aromatic rings. The Bertz CT molecular complexity index is 491. The van der Waals surface area contributed by atoms with Crippen molar-refractivity contribution in [3.05, 3.63) is 29.6 Å². The molecule has 16 heavy (non-hydrogen) atoms. The number of nitrogens with zero attached hydrogens (tertiary/aromatic N) is 4. The predicted octanol–water partition coefficient (Wildman–Crippen LogP) is 2.41. The van der Waals surface area contributed by atoms with E-state index in [4.69, 9.17) is 0 Å². The molecular weight excluding hydrogens is 207 g/mol. The van der Waals surface area contributed by atoms with Gasteiger partial charge in [0.15, 0.2) is 5.82 Å². The van der Waals surface area contributed by atoms with Crippen LogP contribution in [0, 0.1) is 19.7 Å². The van der Waals surface area contributed by atoms with Crippen molar-refractivity contribution in [2.75, 3.05) is 0 Å². The summed E-state index contributed by atoms with van der Waals surface area (Å²) < 4.78 is 16.6. The van der Waals surface area contributed by atoms with Crippen molar-refractivity contribution in [3.8, 4) is 5.69 Å². The monoisotopic (exact) mass is 222 g/mol. The first-order valence-electron chi connectivity index (χ1n) is 5.27. The normalized spacial score (nSPS) is 11.4. The molecule has 5 heteroatoms. The van der Waals surface area contributed by atoms with Gasteiger partial charge in [-0.1, -0.05) is 0 Å². The first-order valence-corrected chi connectivity index (χ1v) is 5.27. The first-order chi connectivity index (χ1) is 7.49. The van der Waals surface area contributed by atoms with E-state index >= 15 is 0 Å². The molecule has 0 bridgehead atoms. The molecule has 0 N–H and O–H groups in total. The summed E-state index contributed by atoms with van der Waals surface area (Å²) in [6, 6.07) is 0.286. The zero-order chi connectivity index (χ0) is 11.9. The third kappa shape index (κ3) is 1.73. The van der Waals surface area contributed by atoms with Crippen LogP contribution in [0.5, 0.6) is 0 Å². The van der Waals surface area contributed by atoms with Crippen LogP contribution in [0.1, 0.15) is 31.3 Å². The van der Waals surface area contributed by atoms with Crippen LogP contribution in [0.25, 0.3) is 5.69 Å². The first kappa shape index (κ1) is 10.9. The van der Waals surface area contributed by atoms with Crippen LogP contribution >= 0.6 is 0 Å². The van der Waals surface area contributed by atoms with Crippen molar-refractivity contribution in [1.82, 2.24) is 19.6 Å². The third-order valence-electron chi connectivity index (χ3n) is 2.51. The van der Waals surface area contributed by atoms with Crippen LogP contribution in [-0.4, -0.2) is 19.6 Å². The number of hydrogen-bond acceptors (Lipinski definition) is 2. The lowest BCUT2D eigenvalue weighted by Gasteiger charge is -2.02. The Morgan fingerprint density at radius 1 is 1.12 bits per heavy atom. The standard InChI is InChI=1S/C11H15FN4/c1-7(2)15-6-11(9(4)14-15)16-5-10(12)8(3)13-16/h5-7H,1-4H3. The molecule has 0 radical (unpaired) electrons. The maximum absolute atomic E-state index is 13.2. The van der Waals surface area contributed by atoms with Gasteiger partial charge in [-0.15, -0.1) is 0 Å². The third-order valence-corrected chi connectivity index (χ3v) is 2.51. The molecule has 0 atom stereocenters. The van der Waals surface area contributed by atoms with E-state index in [1.165, 1.54) is 10.9 Å². The Morgan fingerprint density at radius 2 is 1.81 bits per heavy atom. The summed E-state index contributed by atoms with van der Waals surface area (Å²) in [5.74, 6) is -0.295. The fraction of sp³-hybridized carbons (Fsp3) is 0.455. The Hall–Kier alpha value is -1.65. The lowest BCUT2D eigenvalue weighted by Crippen LogP contribution is -2.00. The van der Waals surface area contributed by atoms with Crippen molar-refractivity contribution in [3.63, 3.8) is 0 Å². The van der Waals surface area contributed by atoms with E-state index in [0.717, 1.165) is 11.4 Å². The second-order valence-electron chi connectivity index (χ2n) is 4.18. The van der Waals surface area contributed by atoms with Gasteiger partial charge in [-0.25, -0.2) is 9.07 Å². The highest BCUT2D eigenvalue weighted by Gasteiger charge is 2.12. The number of aromatic nitrogens is 4. The zero-order valence-electron chi connectivity index (χ0n) is 9.90. The van der Waals surface area contributed by atoms with Crippen LogP contribution < -0.4 is 0 Å². The molecule has 0 fully saturated rings. The summed E-state index contributed by atoms with van der Waals surface area (Å²) in [5, 5.41) is 8.46. The van der Waals surface area contributed by atoms with Crippen molar-refractivity contribution < 1.29 is 4.39 Å². The molecule has 2 aromatic heterocycles. The number of hydrogen-bond donors (Lipinski definition) is 0. The number of halogens is 1. The molecule has 0 aliphatic heterocycles.